The van der Waals surface area contributed by atoms with Crippen molar-refractivity contribution in [2.24, 2.45) is 5.92 Å². The number of thioether (sulfide) groups is 2. The number of hydrogen-bond donors (Lipinski definition) is 0. The molecule has 108 valence electrons. The van der Waals surface area contributed by atoms with Gasteiger partial charge in [-0.15, -0.1) is 10.2 Å². The second kappa shape index (κ2) is 5.10. The SMILES string of the molecule is CC(C)Cc1nnc2n1N1C(=CS[C@H]1c1ccccc1)S2. The number of rotatable bonds is 3. The molecule has 4 nitrogen and oxygen atoms in total. The monoisotopic (exact) mass is 316 g/mol. The molecule has 0 bridgehead atoms. The third kappa shape index (κ3) is 2.17. The molecule has 0 N–H and O–H groups in total. The van der Waals surface area contributed by atoms with Crippen molar-refractivity contribution in [3.63, 3.8) is 0 Å². The van der Waals surface area contributed by atoms with Crippen LogP contribution in [0.15, 0.2) is 45.9 Å². The summed E-state index contributed by atoms with van der Waals surface area (Å²) in [4.78, 5) is 0. The van der Waals surface area contributed by atoms with Crippen molar-refractivity contribution >= 4 is 23.5 Å². The second-order valence-corrected chi connectivity index (χ2v) is 7.55. The van der Waals surface area contributed by atoms with E-state index < -0.39 is 0 Å². The number of nitrogens with zero attached hydrogens (tertiary/aromatic N) is 4. The van der Waals surface area contributed by atoms with Gasteiger partial charge in [0.1, 0.15) is 10.4 Å². The Kier molecular flexibility index (Phi) is 3.23. The lowest BCUT2D eigenvalue weighted by Gasteiger charge is -2.26. The molecule has 6 heteroatoms. The Hall–Kier alpha value is -1.40. The lowest BCUT2D eigenvalue weighted by Crippen LogP contribution is -2.31. The molecule has 4 rings (SSSR count). The van der Waals surface area contributed by atoms with Gasteiger partial charge >= 0.3 is 0 Å². The van der Waals surface area contributed by atoms with Gasteiger partial charge in [0, 0.05) is 11.8 Å². The molecule has 0 fully saturated rings. The van der Waals surface area contributed by atoms with Crippen LogP contribution in [0.2, 0.25) is 0 Å². The molecule has 1 atom stereocenters. The Labute approximate surface area is 132 Å². The molecule has 3 heterocycles. The molecule has 2 aliphatic rings. The molecule has 0 spiro atoms. The summed E-state index contributed by atoms with van der Waals surface area (Å²) in [6.45, 7) is 4.43. The van der Waals surface area contributed by atoms with E-state index in [1.165, 1.54) is 10.6 Å². The first-order valence-corrected chi connectivity index (χ1v) is 8.82. The number of benzene rings is 1. The fourth-order valence-corrected chi connectivity index (χ4v) is 4.87. The summed E-state index contributed by atoms with van der Waals surface area (Å²) in [5.74, 6) is 1.63. The summed E-state index contributed by atoms with van der Waals surface area (Å²) in [6.07, 6.45) is 0.948. The van der Waals surface area contributed by atoms with Gasteiger partial charge in [-0.1, -0.05) is 55.9 Å². The number of hydrogen-bond acceptors (Lipinski definition) is 5. The molecule has 1 aromatic carbocycles. The highest BCUT2D eigenvalue weighted by molar-refractivity contribution is 8.07. The van der Waals surface area contributed by atoms with Crippen molar-refractivity contribution in [3.8, 4) is 0 Å². The van der Waals surface area contributed by atoms with Crippen LogP contribution in [0.25, 0.3) is 0 Å². The van der Waals surface area contributed by atoms with Crippen molar-refractivity contribution in [1.82, 2.24) is 14.9 Å². The largest absolute Gasteiger partial charge is 0.252 e. The standard InChI is InChI=1S/C15H16N4S2/c1-10(2)8-12-16-17-15-18(12)19-13(21-15)9-20-14(19)11-6-4-3-5-7-11/h3-7,9-10,14H,8H2,1-2H3/t14-/m0/s1. The molecule has 1 aromatic heterocycles. The van der Waals surface area contributed by atoms with Gasteiger partial charge < -0.3 is 0 Å². The summed E-state index contributed by atoms with van der Waals surface area (Å²) in [5.41, 5.74) is 1.31. The van der Waals surface area contributed by atoms with Gasteiger partial charge in [0.05, 0.1) is 0 Å². The highest BCUT2D eigenvalue weighted by Crippen LogP contribution is 2.51. The van der Waals surface area contributed by atoms with Gasteiger partial charge in [-0.25, -0.2) is 4.68 Å². The molecule has 0 amide bonds. The first-order valence-electron chi connectivity index (χ1n) is 7.06. The molecule has 0 saturated carbocycles. The van der Waals surface area contributed by atoms with E-state index >= 15 is 0 Å². The highest BCUT2D eigenvalue weighted by atomic mass is 32.2. The van der Waals surface area contributed by atoms with Crippen LogP contribution in [0, 0.1) is 5.92 Å². The minimum absolute atomic E-state index is 0.275. The summed E-state index contributed by atoms with van der Waals surface area (Å²) < 4.78 is 2.20. The van der Waals surface area contributed by atoms with Crippen molar-refractivity contribution in [2.75, 3.05) is 5.01 Å². The van der Waals surface area contributed by atoms with Crippen molar-refractivity contribution in [3.05, 3.63) is 52.2 Å². The molecule has 0 unspecified atom stereocenters. The van der Waals surface area contributed by atoms with Crippen LogP contribution in [0.5, 0.6) is 0 Å². The lowest BCUT2D eigenvalue weighted by molar-refractivity contribution is 0.552. The van der Waals surface area contributed by atoms with E-state index in [1.807, 2.05) is 11.8 Å². The Bertz CT molecular complexity index is 693. The van der Waals surface area contributed by atoms with E-state index in [9.17, 15) is 0 Å². The lowest BCUT2D eigenvalue weighted by atomic mass is 10.1. The van der Waals surface area contributed by atoms with Gasteiger partial charge in [0.15, 0.2) is 5.82 Å². The highest BCUT2D eigenvalue weighted by Gasteiger charge is 2.39. The molecule has 0 radical (unpaired) electrons. The van der Waals surface area contributed by atoms with Crippen molar-refractivity contribution in [2.45, 2.75) is 30.8 Å². The van der Waals surface area contributed by atoms with Gasteiger partial charge in [-0.2, -0.15) is 0 Å². The fraction of sp³-hybridized carbons (Fsp3) is 0.333. The molecular formula is C15H16N4S2. The van der Waals surface area contributed by atoms with Crippen LogP contribution in [-0.4, -0.2) is 14.9 Å². The maximum atomic E-state index is 4.38. The topological polar surface area (TPSA) is 34.0 Å². The summed E-state index contributed by atoms with van der Waals surface area (Å²) in [6, 6.07) is 10.6. The number of fused-ring (bicyclic) bond motifs is 3. The van der Waals surface area contributed by atoms with Crippen LogP contribution in [-0.2, 0) is 6.42 Å². The zero-order valence-electron chi connectivity index (χ0n) is 11.9. The van der Waals surface area contributed by atoms with E-state index in [0.29, 0.717) is 5.92 Å². The molecule has 21 heavy (non-hydrogen) atoms. The maximum Gasteiger partial charge on any atom is 0.216 e. The van der Waals surface area contributed by atoms with Crippen molar-refractivity contribution in [1.29, 1.82) is 0 Å². The zero-order chi connectivity index (χ0) is 14.4. The molecular weight excluding hydrogens is 300 g/mol. The van der Waals surface area contributed by atoms with Crippen LogP contribution in [0.3, 0.4) is 0 Å². The van der Waals surface area contributed by atoms with Gasteiger partial charge in [-0.05, 0) is 23.2 Å². The fourth-order valence-electron chi connectivity index (χ4n) is 2.62. The van der Waals surface area contributed by atoms with E-state index in [4.69, 9.17) is 0 Å². The van der Waals surface area contributed by atoms with Gasteiger partial charge in [-0.3, -0.25) is 5.01 Å². The minimum atomic E-state index is 0.275. The Balaban J connectivity index is 1.74. The first-order chi connectivity index (χ1) is 10.2. The summed E-state index contributed by atoms with van der Waals surface area (Å²) in [5, 5.41) is 15.8. The average Bonchev–Trinajstić information content (AvgIpc) is 3.11. The molecule has 0 aliphatic carbocycles. The molecule has 2 aromatic rings. The predicted molar refractivity (Wildman–Crippen MR) is 87.5 cm³/mol. The summed E-state index contributed by atoms with van der Waals surface area (Å²) in [7, 11) is 0. The number of aromatic nitrogens is 3. The van der Waals surface area contributed by atoms with Crippen LogP contribution in [0.1, 0.15) is 30.6 Å². The second-order valence-electron chi connectivity index (χ2n) is 5.61. The van der Waals surface area contributed by atoms with E-state index in [1.54, 1.807) is 11.8 Å². The first kappa shape index (κ1) is 13.3. The van der Waals surface area contributed by atoms with Crippen molar-refractivity contribution < 1.29 is 0 Å². The van der Waals surface area contributed by atoms with Gasteiger partial charge in [0.25, 0.3) is 0 Å². The third-order valence-electron chi connectivity index (χ3n) is 3.51. The van der Waals surface area contributed by atoms with E-state index in [2.05, 4.69) is 69.5 Å². The smallest absolute Gasteiger partial charge is 0.216 e. The Morgan fingerprint density at radius 3 is 2.76 bits per heavy atom. The van der Waals surface area contributed by atoms with Crippen LogP contribution < -0.4 is 5.01 Å². The van der Waals surface area contributed by atoms with E-state index in [-0.39, 0.29) is 5.37 Å². The Morgan fingerprint density at radius 1 is 1.19 bits per heavy atom. The summed E-state index contributed by atoms with van der Waals surface area (Å²) >= 11 is 3.56. The quantitative estimate of drug-likeness (QED) is 0.861. The Morgan fingerprint density at radius 2 is 2.00 bits per heavy atom. The average molecular weight is 316 g/mol. The van der Waals surface area contributed by atoms with E-state index in [0.717, 1.165) is 17.4 Å². The van der Waals surface area contributed by atoms with Gasteiger partial charge in [0.2, 0.25) is 5.16 Å². The minimum Gasteiger partial charge on any atom is -0.252 e. The molecule has 2 aliphatic heterocycles. The maximum absolute atomic E-state index is 4.38. The normalized spacial score (nSPS) is 19.9. The third-order valence-corrected chi connectivity index (χ3v) is 5.70. The molecule has 0 saturated heterocycles. The van der Waals surface area contributed by atoms with Crippen LogP contribution in [0.4, 0.5) is 0 Å². The zero-order valence-corrected chi connectivity index (χ0v) is 13.6. The predicted octanol–water partition coefficient (Wildman–Crippen LogP) is 3.76. The van der Waals surface area contributed by atoms with Crippen LogP contribution >= 0.6 is 23.5 Å².